The number of aromatic amines is 1. The SMILES string of the molecule is COC(=O)N[C@@H](CCO[P@@]1(=O)OC2[C@H]3O[C@@H](n4ccc(=O)[nH]c4=O)C(C)(C)[C@]23O1)C(=O)OC(C)C. The van der Waals surface area contributed by atoms with E-state index in [2.05, 4.69) is 15.0 Å². The van der Waals surface area contributed by atoms with Crippen LogP contribution in [0.1, 0.15) is 40.3 Å². The van der Waals surface area contributed by atoms with Crippen LogP contribution >= 0.6 is 7.82 Å². The summed E-state index contributed by atoms with van der Waals surface area (Å²) in [6, 6.07) is 0.0884. The molecule has 1 spiro atoms. The number of amides is 1. The first-order chi connectivity index (χ1) is 16.3. The van der Waals surface area contributed by atoms with E-state index in [9.17, 15) is 23.7 Å². The number of carbonyl (C=O) groups is 2. The molecule has 14 nitrogen and oxygen atoms in total. The molecule has 0 bridgehead atoms. The topological polar surface area (TPSA) is 173 Å². The zero-order valence-electron chi connectivity index (χ0n) is 19.8. The first-order valence-corrected chi connectivity index (χ1v) is 12.5. The van der Waals surface area contributed by atoms with Crippen LogP contribution in [0.4, 0.5) is 4.79 Å². The Labute approximate surface area is 199 Å². The summed E-state index contributed by atoms with van der Waals surface area (Å²) in [6.07, 6.45) is -2.13. The van der Waals surface area contributed by atoms with Crippen molar-refractivity contribution in [3.63, 3.8) is 0 Å². The lowest BCUT2D eigenvalue weighted by Gasteiger charge is -2.33. The van der Waals surface area contributed by atoms with E-state index in [0.29, 0.717) is 0 Å². The van der Waals surface area contributed by atoms with Crippen LogP contribution in [0.25, 0.3) is 0 Å². The van der Waals surface area contributed by atoms with Crippen LogP contribution in [-0.4, -0.2) is 65.3 Å². The number of H-pyrrole nitrogens is 1. The summed E-state index contributed by atoms with van der Waals surface area (Å²) in [4.78, 5) is 49.7. The molecular formula is C20H28N3O11P. The van der Waals surface area contributed by atoms with Crippen molar-refractivity contribution < 1.29 is 41.9 Å². The Balaban J connectivity index is 1.42. The molecule has 2 aliphatic heterocycles. The molecule has 4 rings (SSSR count). The standard InChI is InChI=1S/C20H28N3O11P/c1-10(2)31-15(25)11(21-18(27)29-5)7-9-30-35(28)33-14-13-20(14,34-35)19(3,4)16(32-13)23-8-6-12(24)22-17(23)26/h6,8,10-11,13-14,16H,7,9H2,1-5H3,(H,21,27)(H,22,24,26)/t11-,13+,14?,16+,20+,35-/m0/s1. The number of fused-ring (bicyclic) bond motifs is 1. The number of ether oxygens (including phenoxy) is 3. The van der Waals surface area contributed by atoms with Crippen molar-refractivity contribution >= 4 is 19.9 Å². The number of aromatic nitrogens is 2. The highest BCUT2D eigenvalue weighted by molar-refractivity contribution is 7.48. The van der Waals surface area contributed by atoms with Crippen LogP contribution < -0.4 is 16.6 Å². The van der Waals surface area contributed by atoms with Gasteiger partial charge in [-0.15, -0.1) is 0 Å². The second-order valence-electron chi connectivity index (χ2n) is 9.30. The molecule has 1 aromatic rings. The zero-order valence-corrected chi connectivity index (χ0v) is 20.7. The van der Waals surface area contributed by atoms with E-state index in [1.54, 1.807) is 27.7 Å². The Morgan fingerprint density at radius 2 is 2.00 bits per heavy atom. The maximum Gasteiger partial charge on any atom is 0.476 e. The van der Waals surface area contributed by atoms with Crippen molar-refractivity contribution in [2.24, 2.45) is 5.41 Å². The molecule has 3 aliphatic rings. The predicted molar refractivity (Wildman–Crippen MR) is 116 cm³/mol. The molecule has 0 aromatic carbocycles. The Morgan fingerprint density at radius 1 is 1.29 bits per heavy atom. The number of nitrogens with zero attached hydrogens (tertiary/aromatic N) is 1. The minimum Gasteiger partial charge on any atom is -0.461 e. The lowest BCUT2D eigenvalue weighted by atomic mass is 9.83. The van der Waals surface area contributed by atoms with Crippen LogP contribution in [0.3, 0.4) is 0 Å². The molecule has 15 heteroatoms. The van der Waals surface area contributed by atoms with Crippen LogP contribution in [0, 0.1) is 5.41 Å². The fourth-order valence-electron chi connectivity index (χ4n) is 4.54. The van der Waals surface area contributed by atoms with Gasteiger partial charge in [0.2, 0.25) is 0 Å². The number of hydrogen-bond acceptors (Lipinski definition) is 11. The molecule has 1 saturated carbocycles. The third-order valence-corrected chi connectivity index (χ3v) is 7.80. The Bertz CT molecular complexity index is 1180. The van der Waals surface area contributed by atoms with Crippen molar-refractivity contribution in [3.05, 3.63) is 33.1 Å². The minimum absolute atomic E-state index is 0.0895. The summed E-state index contributed by atoms with van der Waals surface area (Å²) in [6.45, 7) is 6.59. The van der Waals surface area contributed by atoms with E-state index in [1.165, 1.54) is 16.8 Å². The summed E-state index contributed by atoms with van der Waals surface area (Å²) in [5, 5.41) is 2.34. The second kappa shape index (κ2) is 8.86. The first-order valence-electron chi connectivity index (χ1n) is 11.0. The van der Waals surface area contributed by atoms with Crippen molar-refractivity contribution in [1.29, 1.82) is 0 Å². The monoisotopic (exact) mass is 517 g/mol. The van der Waals surface area contributed by atoms with E-state index in [0.717, 1.165) is 7.11 Å². The fraction of sp³-hybridized carbons (Fsp3) is 0.700. The average molecular weight is 517 g/mol. The number of nitrogens with one attached hydrogen (secondary N) is 2. The lowest BCUT2D eigenvalue weighted by Crippen LogP contribution is -2.43. The molecule has 35 heavy (non-hydrogen) atoms. The van der Waals surface area contributed by atoms with Crippen molar-refractivity contribution in [2.45, 2.75) is 70.3 Å². The van der Waals surface area contributed by atoms with Gasteiger partial charge in [-0.25, -0.2) is 18.9 Å². The van der Waals surface area contributed by atoms with Gasteiger partial charge in [0.05, 0.1) is 19.8 Å². The second-order valence-corrected chi connectivity index (χ2v) is 10.8. The molecule has 6 atom stereocenters. The van der Waals surface area contributed by atoms with Gasteiger partial charge in [-0.2, -0.15) is 0 Å². The smallest absolute Gasteiger partial charge is 0.461 e. The Hall–Kier alpha value is -2.51. The summed E-state index contributed by atoms with van der Waals surface area (Å²) >= 11 is 0. The summed E-state index contributed by atoms with van der Waals surface area (Å²) in [7, 11) is -2.90. The van der Waals surface area contributed by atoms with Crippen LogP contribution in [0.5, 0.6) is 0 Å². The number of carbonyl (C=O) groups excluding carboxylic acids is 2. The zero-order chi connectivity index (χ0) is 25.8. The maximum atomic E-state index is 13.2. The normalized spacial score (nSPS) is 33.0. The molecule has 2 N–H and O–H groups in total. The van der Waals surface area contributed by atoms with Gasteiger partial charge in [0.1, 0.15) is 30.1 Å². The number of esters is 1. The molecule has 194 valence electrons. The number of phosphoric ester groups is 1. The number of rotatable bonds is 8. The van der Waals surface area contributed by atoms with Gasteiger partial charge in [-0.1, -0.05) is 13.8 Å². The molecule has 1 aromatic heterocycles. The van der Waals surface area contributed by atoms with E-state index >= 15 is 0 Å². The van der Waals surface area contributed by atoms with E-state index in [-0.39, 0.29) is 13.0 Å². The minimum atomic E-state index is -4.05. The summed E-state index contributed by atoms with van der Waals surface area (Å²) < 4.78 is 46.8. The van der Waals surface area contributed by atoms with Crippen molar-refractivity contribution in [1.82, 2.24) is 14.9 Å². The van der Waals surface area contributed by atoms with Crippen LogP contribution in [-0.2, 0) is 37.1 Å². The highest BCUT2D eigenvalue weighted by Crippen LogP contribution is 2.79. The molecule has 3 heterocycles. The molecule has 2 saturated heterocycles. The third-order valence-electron chi connectivity index (χ3n) is 6.29. The number of alkyl carbamates (subject to hydrolysis) is 1. The Kier molecular flexibility index (Phi) is 6.47. The predicted octanol–water partition coefficient (Wildman–Crippen LogP) is 0.819. The highest BCUT2D eigenvalue weighted by atomic mass is 31.2. The molecule has 1 amide bonds. The molecule has 1 unspecified atom stereocenters. The summed E-state index contributed by atoms with van der Waals surface area (Å²) in [5.41, 5.74) is -3.22. The third kappa shape index (κ3) is 4.33. The average Bonchev–Trinajstić information content (AvgIpc) is 3.08. The number of hydrogen-bond donors (Lipinski definition) is 2. The van der Waals surface area contributed by atoms with E-state index < -0.39 is 72.7 Å². The quantitative estimate of drug-likeness (QED) is 0.369. The highest BCUT2D eigenvalue weighted by Gasteiger charge is 2.89. The molecule has 0 radical (unpaired) electrons. The van der Waals surface area contributed by atoms with E-state index in [4.69, 9.17) is 23.0 Å². The molecule has 1 aliphatic carbocycles. The molecule has 3 fully saturated rings. The Morgan fingerprint density at radius 3 is 2.63 bits per heavy atom. The van der Waals surface area contributed by atoms with Crippen molar-refractivity contribution in [2.75, 3.05) is 13.7 Å². The van der Waals surface area contributed by atoms with Gasteiger partial charge in [-0.3, -0.25) is 27.9 Å². The van der Waals surface area contributed by atoms with Gasteiger partial charge in [0.15, 0.2) is 0 Å². The summed E-state index contributed by atoms with van der Waals surface area (Å²) in [5.74, 6) is -0.707. The van der Waals surface area contributed by atoms with E-state index in [1.807, 2.05) is 0 Å². The first kappa shape index (κ1) is 25.6. The fourth-order valence-corrected chi connectivity index (χ4v) is 6.39. The van der Waals surface area contributed by atoms with Crippen molar-refractivity contribution in [3.8, 4) is 0 Å². The number of phosphoric acid groups is 1. The largest absolute Gasteiger partial charge is 0.476 e. The van der Waals surface area contributed by atoms with Gasteiger partial charge < -0.3 is 19.5 Å². The number of methoxy groups -OCH3 is 1. The maximum absolute atomic E-state index is 13.2. The molecular weight excluding hydrogens is 489 g/mol. The van der Waals surface area contributed by atoms with Crippen LogP contribution in [0.2, 0.25) is 0 Å². The van der Waals surface area contributed by atoms with Crippen LogP contribution in [0.15, 0.2) is 21.9 Å². The van der Waals surface area contributed by atoms with Gasteiger partial charge in [0, 0.05) is 24.1 Å². The van der Waals surface area contributed by atoms with Gasteiger partial charge >= 0.3 is 25.6 Å². The van der Waals surface area contributed by atoms with Gasteiger partial charge in [-0.05, 0) is 13.8 Å². The lowest BCUT2D eigenvalue weighted by molar-refractivity contribution is -0.150. The van der Waals surface area contributed by atoms with Gasteiger partial charge in [0.25, 0.3) is 5.56 Å².